The van der Waals surface area contributed by atoms with Crippen molar-refractivity contribution in [2.24, 2.45) is 0 Å². The van der Waals surface area contributed by atoms with Gasteiger partial charge < -0.3 is 9.88 Å². The van der Waals surface area contributed by atoms with Gasteiger partial charge in [-0.2, -0.15) is 0 Å². The van der Waals surface area contributed by atoms with E-state index in [0.29, 0.717) is 0 Å². The highest BCUT2D eigenvalue weighted by molar-refractivity contribution is 9.10. The second kappa shape index (κ2) is 7.46. The predicted octanol–water partition coefficient (Wildman–Crippen LogP) is 3.52. The highest BCUT2D eigenvalue weighted by Crippen LogP contribution is 2.16. The molecule has 1 N–H and O–H groups in total. The van der Waals surface area contributed by atoms with Gasteiger partial charge in [-0.15, -0.1) is 0 Å². The summed E-state index contributed by atoms with van der Waals surface area (Å²) in [5.74, 6) is 0. The quantitative estimate of drug-likeness (QED) is 0.791. The van der Waals surface area contributed by atoms with Crippen LogP contribution in [0.1, 0.15) is 24.0 Å². The molecule has 0 fully saturated rings. The molecule has 0 bridgehead atoms. The standard InChI is InChI=1S/C15H20BrN3/c1-13-10-14(4-5-15(13)16)11-17-6-2-3-8-19-9-7-18-12-19/h4-5,7,9-10,12,17H,2-3,6,8,11H2,1H3. The topological polar surface area (TPSA) is 29.9 Å². The lowest BCUT2D eigenvalue weighted by Crippen LogP contribution is -2.15. The highest BCUT2D eigenvalue weighted by Gasteiger charge is 1.97. The van der Waals surface area contributed by atoms with E-state index < -0.39 is 0 Å². The largest absolute Gasteiger partial charge is 0.337 e. The maximum Gasteiger partial charge on any atom is 0.0945 e. The Labute approximate surface area is 123 Å². The first-order chi connectivity index (χ1) is 9.25. The van der Waals surface area contributed by atoms with Gasteiger partial charge in [-0.1, -0.05) is 28.1 Å². The molecule has 0 saturated carbocycles. The number of nitrogens with zero attached hydrogens (tertiary/aromatic N) is 2. The minimum Gasteiger partial charge on any atom is -0.337 e. The summed E-state index contributed by atoms with van der Waals surface area (Å²) in [6.07, 6.45) is 8.08. The highest BCUT2D eigenvalue weighted by atomic mass is 79.9. The molecule has 1 aromatic heterocycles. The Balaban J connectivity index is 1.60. The summed E-state index contributed by atoms with van der Waals surface area (Å²) in [5, 5.41) is 3.49. The van der Waals surface area contributed by atoms with Gasteiger partial charge in [-0.25, -0.2) is 4.98 Å². The fraction of sp³-hybridized carbons (Fsp3) is 0.400. The molecule has 2 rings (SSSR count). The molecule has 2 aromatic rings. The van der Waals surface area contributed by atoms with Crippen molar-refractivity contribution in [1.29, 1.82) is 0 Å². The summed E-state index contributed by atoms with van der Waals surface area (Å²) < 4.78 is 3.30. The molecule has 0 amide bonds. The third-order valence-corrected chi connectivity index (χ3v) is 4.02. The predicted molar refractivity (Wildman–Crippen MR) is 82.0 cm³/mol. The third-order valence-electron chi connectivity index (χ3n) is 3.13. The molecule has 0 aliphatic carbocycles. The molecule has 102 valence electrons. The van der Waals surface area contributed by atoms with E-state index in [1.807, 2.05) is 18.7 Å². The Morgan fingerprint density at radius 3 is 2.95 bits per heavy atom. The minimum absolute atomic E-state index is 0.944. The van der Waals surface area contributed by atoms with Crippen molar-refractivity contribution in [3.63, 3.8) is 0 Å². The molecule has 19 heavy (non-hydrogen) atoms. The van der Waals surface area contributed by atoms with Crippen LogP contribution in [-0.2, 0) is 13.1 Å². The maximum atomic E-state index is 4.04. The van der Waals surface area contributed by atoms with E-state index in [1.165, 1.54) is 28.4 Å². The van der Waals surface area contributed by atoms with Gasteiger partial charge in [-0.3, -0.25) is 0 Å². The number of halogens is 1. The normalized spacial score (nSPS) is 10.8. The van der Waals surface area contributed by atoms with Crippen LogP contribution >= 0.6 is 15.9 Å². The molecule has 1 aromatic carbocycles. The number of rotatable bonds is 7. The zero-order valence-electron chi connectivity index (χ0n) is 11.3. The number of aryl methyl sites for hydroxylation is 2. The van der Waals surface area contributed by atoms with E-state index in [9.17, 15) is 0 Å². The molecule has 0 atom stereocenters. The van der Waals surface area contributed by atoms with Gasteiger partial charge in [0, 0.05) is 30.0 Å². The van der Waals surface area contributed by atoms with Crippen LogP contribution < -0.4 is 5.32 Å². The molecule has 0 aliphatic rings. The van der Waals surface area contributed by atoms with Crippen LogP contribution in [0.4, 0.5) is 0 Å². The van der Waals surface area contributed by atoms with Crippen LogP contribution in [-0.4, -0.2) is 16.1 Å². The monoisotopic (exact) mass is 321 g/mol. The van der Waals surface area contributed by atoms with Crippen LogP contribution in [0.3, 0.4) is 0 Å². The molecule has 0 radical (unpaired) electrons. The molecule has 0 saturated heterocycles. The summed E-state index contributed by atoms with van der Waals surface area (Å²) in [5.41, 5.74) is 2.63. The van der Waals surface area contributed by atoms with Crippen molar-refractivity contribution in [2.45, 2.75) is 32.9 Å². The van der Waals surface area contributed by atoms with E-state index in [-0.39, 0.29) is 0 Å². The van der Waals surface area contributed by atoms with Crippen LogP contribution in [0.5, 0.6) is 0 Å². The Morgan fingerprint density at radius 2 is 2.21 bits per heavy atom. The molecule has 4 heteroatoms. The average Bonchev–Trinajstić information content (AvgIpc) is 2.91. The SMILES string of the molecule is Cc1cc(CNCCCCn2ccnc2)ccc1Br. The number of aromatic nitrogens is 2. The summed E-state index contributed by atoms with van der Waals surface area (Å²) in [7, 11) is 0. The van der Waals surface area contributed by atoms with Gasteiger partial charge in [-0.05, 0) is 43.5 Å². The van der Waals surface area contributed by atoms with Gasteiger partial charge in [0.1, 0.15) is 0 Å². The fourth-order valence-corrected chi connectivity index (χ4v) is 2.26. The van der Waals surface area contributed by atoms with Crippen molar-refractivity contribution in [2.75, 3.05) is 6.54 Å². The summed E-state index contributed by atoms with van der Waals surface area (Å²) in [6.45, 7) is 5.18. The molecular weight excluding hydrogens is 302 g/mol. The lowest BCUT2D eigenvalue weighted by molar-refractivity contribution is 0.568. The van der Waals surface area contributed by atoms with Gasteiger partial charge >= 0.3 is 0 Å². The van der Waals surface area contributed by atoms with Crippen LogP contribution in [0.25, 0.3) is 0 Å². The molecule has 0 aliphatic heterocycles. The zero-order chi connectivity index (χ0) is 13.5. The van der Waals surface area contributed by atoms with E-state index in [1.54, 1.807) is 0 Å². The van der Waals surface area contributed by atoms with Crippen molar-refractivity contribution >= 4 is 15.9 Å². The maximum absolute atomic E-state index is 4.04. The third kappa shape index (κ3) is 4.80. The van der Waals surface area contributed by atoms with Crippen LogP contribution in [0.2, 0.25) is 0 Å². The van der Waals surface area contributed by atoms with E-state index in [2.05, 4.69) is 55.9 Å². The first kappa shape index (κ1) is 14.3. The number of unbranched alkanes of at least 4 members (excludes halogenated alkanes) is 1. The van der Waals surface area contributed by atoms with E-state index >= 15 is 0 Å². The van der Waals surface area contributed by atoms with Crippen molar-refractivity contribution in [3.05, 3.63) is 52.5 Å². The number of hydrogen-bond acceptors (Lipinski definition) is 2. The van der Waals surface area contributed by atoms with Crippen molar-refractivity contribution < 1.29 is 0 Å². The van der Waals surface area contributed by atoms with Gasteiger partial charge in [0.25, 0.3) is 0 Å². The number of nitrogens with one attached hydrogen (secondary N) is 1. The molecule has 3 nitrogen and oxygen atoms in total. The zero-order valence-corrected chi connectivity index (χ0v) is 12.9. The van der Waals surface area contributed by atoms with E-state index in [0.717, 1.165) is 19.6 Å². The average molecular weight is 322 g/mol. The van der Waals surface area contributed by atoms with Gasteiger partial charge in [0.05, 0.1) is 6.33 Å². The summed E-state index contributed by atoms with van der Waals surface area (Å²) >= 11 is 3.52. The second-order valence-corrected chi connectivity index (χ2v) is 5.62. The van der Waals surface area contributed by atoms with Crippen molar-refractivity contribution in [3.8, 4) is 0 Å². The first-order valence-electron chi connectivity index (χ1n) is 6.67. The number of hydrogen-bond donors (Lipinski definition) is 1. The molecule has 0 unspecified atom stereocenters. The smallest absolute Gasteiger partial charge is 0.0945 e. The summed E-state index contributed by atoms with van der Waals surface area (Å²) in [4.78, 5) is 4.04. The fourth-order valence-electron chi connectivity index (χ4n) is 2.01. The number of benzene rings is 1. The van der Waals surface area contributed by atoms with Gasteiger partial charge in [0.15, 0.2) is 0 Å². The second-order valence-electron chi connectivity index (χ2n) is 4.77. The first-order valence-corrected chi connectivity index (χ1v) is 7.46. The Morgan fingerprint density at radius 1 is 1.32 bits per heavy atom. The minimum atomic E-state index is 0.944. The van der Waals surface area contributed by atoms with Crippen LogP contribution in [0.15, 0.2) is 41.4 Å². The van der Waals surface area contributed by atoms with Crippen LogP contribution in [0, 0.1) is 6.92 Å². The summed E-state index contributed by atoms with van der Waals surface area (Å²) in [6, 6.07) is 6.50. The molecular formula is C15H20BrN3. The molecule has 0 spiro atoms. The van der Waals surface area contributed by atoms with E-state index in [4.69, 9.17) is 0 Å². The molecule has 1 heterocycles. The van der Waals surface area contributed by atoms with Gasteiger partial charge in [0.2, 0.25) is 0 Å². The Kier molecular flexibility index (Phi) is 5.61. The van der Waals surface area contributed by atoms with Crippen molar-refractivity contribution in [1.82, 2.24) is 14.9 Å². The lowest BCUT2D eigenvalue weighted by Gasteiger charge is -2.07. The number of imidazole rings is 1. The Hall–Kier alpha value is -1.13. The lowest BCUT2D eigenvalue weighted by atomic mass is 10.1. The Bertz CT molecular complexity index is 494.